The molecular formula is C12H17Cl3N2O. The Morgan fingerprint density at radius 3 is 2.28 bits per heavy atom. The van der Waals surface area contributed by atoms with E-state index in [0.717, 1.165) is 19.6 Å². The average molecular weight is 312 g/mol. The molecule has 0 saturated heterocycles. The molecule has 1 rings (SSSR count). The fraction of sp³-hybridized carbons (Fsp3) is 0.500. The normalized spacial score (nSPS) is 11.0. The molecule has 0 aliphatic carbocycles. The molecule has 0 atom stereocenters. The summed E-state index contributed by atoms with van der Waals surface area (Å²) in [4.78, 5) is 2.11. The molecule has 1 aromatic rings. The lowest BCUT2D eigenvalue weighted by molar-refractivity contribution is 0.309. The molecule has 0 fully saturated rings. The van der Waals surface area contributed by atoms with Crippen LogP contribution < -0.4 is 10.1 Å². The molecule has 0 spiro atoms. The third-order valence-electron chi connectivity index (χ3n) is 2.22. The molecule has 0 aliphatic heterocycles. The number of nitrogens with one attached hydrogen (secondary N) is 1. The van der Waals surface area contributed by atoms with Crippen LogP contribution in [-0.4, -0.2) is 45.2 Å². The van der Waals surface area contributed by atoms with Crippen molar-refractivity contribution in [2.45, 2.75) is 0 Å². The molecule has 102 valence electrons. The van der Waals surface area contributed by atoms with E-state index in [2.05, 4.69) is 10.2 Å². The van der Waals surface area contributed by atoms with Crippen LogP contribution in [0.15, 0.2) is 12.1 Å². The van der Waals surface area contributed by atoms with Crippen LogP contribution in [0.5, 0.6) is 5.75 Å². The number of likely N-dealkylation sites (N-methyl/N-ethyl adjacent to an activating group) is 1. The summed E-state index contributed by atoms with van der Waals surface area (Å²) >= 11 is 17.8. The fourth-order valence-electron chi connectivity index (χ4n) is 1.32. The second kappa shape index (κ2) is 8.08. The van der Waals surface area contributed by atoms with Gasteiger partial charge in [-0.25, -0.2) is 0 Å². The highest BCUT2D eigenvalue weighted by atomic mass is 35.5. The Kier molecular flexibility index (Phi) is 7.12. The van der Waals surface area contributed by atoms with Crippen molar-refractivity contribution in [2.75, 3.05) is 40.3 Å². The van der Waals surface area contributed by atoms with Crippen molar-refractivity contribution in [1.82, 2.24) is 10.2 Å². The summed E-state index contributed by atoms with van der Waals surface area (Å²) in [6.45, 7) is 3.15. The standard InChI is InChI=1S/C12H17Cl3N2O/c1-17(2)5-3-16-4-6-18-12-10(14)7-9(13)8-11(12)15/h7-8,16H,3-6H2,1-2H3. The SMILES string of the molecule is CN(C)CCNCCOc1c(Cl)cc(Cl)cc1Cl. The van der Waals surface area contributed by atoms with Gasteiger partial charge in [0.05, 0.1) is 10.0 Å². The van der Waals surface area contributed by atoms with Crippen LogP contribution >= 0.6 is 34.8 Å². The first-order chi connectivity index (χ1) is 8.50. The van der Waals surface area contributed by atoms with Gasteiger partial charge in [-0.2, -0.15) is 0 Å². The van der Waals surface area contributed by atoms with Crippen LogP contribution in [0, 0.1) is 0 Å². The van der Waals surface area contributed by atoms with Gasteiger partial charge in [-0.05, 0) is 26.2 Å². The Balaban J connectivity index is 2.31. The van der Waals surface area contributed by atoms with Crippen molar-refractivity contribution in [3.8, 4) is 5.75 Å². The van der Waals surface area contributed by atoms with Crippen molar-refractivity contribution < 1.29 is 4.74 Å². The van der Waals surface area contributed by atoms with E-state index >= 15 is 0 Å². The lowest BCUT2D eigenvalue weighted by atomic mass is 10.3. The van der Waals surface area contributed by atoms with Gasteiger partial charge < -0.3 is 15.0 Å². The molecule has 0 amide bonds. The maximum atomic E-state index is 6.00. The van der Waals surface area contributed by atoms with Crippen molar-refractivity contribution >= 4 is 34.8 Å². The number of nitrogens with zero attached hydrogens (tertiary/aromatic N) is 1. The quantitative estimate of drug-likeness (QED) is 0.783. The second-order valence-electron chi connectivity index (χ2n) is 4.10. The topological polar surface area (TPSA) is 24.5 Å². The van der Waals surface area contributed by atoms with Gasteiger partial charge in [-0.1, -0.05) is 34.8 Å². The van der Waals surface area contributed by atoms with Gasteiger partial charge in [0.25, 0.3) is 0 Å². The minimum absolute atomic E-state index is 0.431. The number of benzene rings is 1. The first-order valence-corrected chi connectivity index (χ1v) is 6.77. The highest BCUT2D eigenvalue weighted by Gasteiger charge is 2.08. The van der Waals surface area contributed by atoms with Crippen molar-refractivity contribution in [3.63, 3.8) is 0 Å². The molecule has 3 nitrogen and oxygen atoms in total. The van der Waals surface area contributed by atoms with Crippen LogP contribution in [0.1, 0.15) is 0 Å². The van der Waals surface area contributed by atoms with Gasteiger partial charge in [0.2, 0.25) is 0 Å². The lowest BCUT2D eigenvalue weighted by Gasteiger charge is -2.12. The van der Waals surface area contributed by atoms with Gasteiger partial charge in [-0.3, -0.25) is 0 Å². The minimum atomic E-state index is 0.431. The molecule has 1 N–H and O–H groups in total. The molecular weight excluding hydrogens is 295 g/mol. The third kappa shape index (κ3) is 5.63. The summed E-state index contributed by atoms with van der Waals surface area (Å²) < 4.78 is 5.53. The first kappa shape index (κ1) is 15.9. The summed E-state index contributed by atoms with van der Waals surface area (Å²) in [6, 6.07) is 3.23. The molecule has 18 heavy (non-hydrogen) atoms. The average Bonchev–Trinajstić information content (AvgIpc) is 2.25. The smallest absolute Gasteiger partial charge is 0.156 e. The van der Waals surface area contributed by atoms with E-state index < -0.39 is 0 Å². The third-order valence-corrected chi connectivity index (χ3v) is 3.00. The molecule has 0 heterocycles. The van der Waals surface area contributed by atoms with E-state index in [1.807, 2.05) is 14.1 Å². The van der Waals surface area contributed by atoms with Crippen LogP contribution in [0.2, 0.25) is 15.1 Å². The van der Waals surface area contributed by atoms with Crippen LogP contribution in [0.3, 0.4) is 0 Å². The summed E-state index contributed by atoms with van der Waals surface area (Å²) in [7, 11) is 4.07. The van der Waals surface area contributed by atoms with Crippen molar-refractivity contribution in [1.29, 1.82) is 0 Å². The molecule has 0 aliphatic rings. The molecule has 0 saturated carbocycles. The predicted octanol–water partition coefficient (Wildman–Crippen LogP) is 3.18. The zero-order chi connectivity index (χ0) is 13.5. The molecule has 0 radical (unpaired) electrons. The maximum absolute atomic E-state index is 6.00. The minimum Gasteiger partial charge on any atom is -0.489 e. The Morgan fingerprint density at radius 2 is 1.72 bits per heavy atom. The van der Waals surface area contributed by atoms with Gasteiger partial charge in [0.1, 0.15) is 6.61 Å². The first-order valence-electron chi connectivity index (χ1n) is 5.63. The molecule has 6 heteroatoms. The van der Waals surface area contributed by atoms with Gasteiger partial charge in [0, 0.05) is 24.7 Å². The summed E-state index contributed by atoms with van der Waals surface area (Å²) in [5.41, 5.74) is 0. The highest BCUT2D eigenvalue weighted by Crippen LogP contribution is 2.35. The second-order valence-corrected chi connectivity index (χ2v) is 5.35. The summed E-state index contributed by atoms with van der Waals surface area (Å²) in [6.07, 6.45) is 0. The molecule has 0 aromatic heterocycles. The number of ether oxygens (including phenoxy) is 1. The Labute approximate surface area is 123 Å². The Bertz CT molecular complexity index is 363. The fourth-order valence-corrected chi connectivity index (χ4v) is 2.25. The zero-order valence-electron chi connectivity index (χ0n) is 10.5. The van der Waals surface area contributed by atoms with Gasteiger partial charge in [-0.15, -0.1) is 0 Å². The van der Waals surface area contributed by atoms with E-state index in [9.17, 15) is 0 Å². The van der Waals surface area contributed by atoms with E-state index in [1.54, 1.807) is 12.1 Å². The predicted molar refractivity (Wildman–Crippen MR) is 78.4 cm³/mol. The van der Waals surface area contributed by atoms with E-state index in [-0.39, 0.29) is 0 Å². The number of hydrogen-bond donors (Lipinski definition) is 1. The van der Waals surface area contributed by atoms with Gasteiger partial charge in [0.15, 0.2) is 5.75 Å². The monoisotopic (exact) mass is 310 g/mol. The van der Waals surface area contributed by atoms with Crippen molar-refractivity contribution in [3.05, 3.63) is 27.2 Å². The van der Waals surface area contributed by atoms with E-state index in [1.165, 1.54) is 0 Å². The van der Waals surface area contributed by atoms with Crippen LogP contribution in [-0.2, 0) is 0 Å². The Hall–Kier alpha value is -0.190. The summed E-state index contributed by atoms with van der Waals surface area (Å²) in [5.74, 6) is 0.483. The van der Waals surface area contributed by atoms with Crippen molar-refractivity contribution in [2.24, 2.45) is 0 Å². The Morgan fingerprint density at radius 1 is 1.11 bits per heavy atom. The number of halogens is 3. The molecule has 0 unspecified atom stereocenters. The zero-order valence-corrected chi connectivity index (χ0v) is 12.7. The summed E-state index contributed by atoms with van der Waals surface area (Å²) in [5, 5.41) is 4.62. The largest absolute Gasteiger partial charge is 0.489 e. The van der Waals surface area contributed by atoms with Crippen LogP contribution in [0.4, 0.5) is 0 Å². The van der Waals surface area contributed by atoms with E-state index in [4.69, 9.17) is 39.5 Å². The number of hydrogen-bond acceptors (Lipinski definition) is 3. The number of rotatable bonds is 7. The van der Waals surface area contributed by atoms with Crippen LogP contribution in [0.25, 0.3) is 0 Å². The van der Waals surface area contributed by atoms with E-state index in [0.29, 0.717) is 27.4 Å². The molecule has 0 bridgehead atoms. The maximum Gasteiger partial charge on any atom is 0.156 e. The molecule has 1 aromatic carbocycles. The lowest BCUT2D eigenvalue weighted by Crippen LogP contribution is -2.29. The van der Waals surface area contributed by atoms with Gasteiger partial charge >= 0.3 is 0 Å². The highest BCUT2D eigenvalue weighted by molar-refractivity contribution is 6.40.